The summed E-state index contributed by atoms with van der Waals surface area (Å²) in [5, 5.41) is 0.607. The summed E-state index contributed by atoms with van der Waals surface area (Å²) in [7, 11) is 0. The molecule has 3 aromatic rings. The average molecular weight is 454 g/mol. The number of ether oxygens (including phenoxy) is 1. The van der Waals surface area contributed by atoms with E-state index in [9.17, 15) is 14.0 Å². The van der Waals surface area contributed by atoms with Gasteiger partial charge in [0.05, 0.1) is 5.69 Å². The molecular weight excluding hydrogens is 429 g/mol. The molecule has 4 rings (SSSR count). The van der Waals surface area contributed by atoms with Gasteiger partial charge in [0.15, 0.2) is 6.61 Å². The molecular formula is C24H24FN3O3S. The van der Waals surface area contributed by atoms with Crippen LogP contribution in [0, 0.1) is 12.7 Å². The van der Waals surface area contributed by atoms with Crippen LogP contribution in [0.25, 0.3) is 10.6 Å². The van der Waals surface area contributed by atoms with Gasteiger partial charge in [-0.25, -0.2) is 14.2 Å². The zero-order valence-corrected chi connectivity index (χ0v) is 18.6. The predicted molar refractivity (Wildman–Crippen MR) is 121 cm³/mol. The number of halogens is 1. The van der Waals surface area contributed by atoms with E-state index < -0.39 is 5.97 Å². The first-order valence-corrected chi connectivity index (χ1v) is 11.3. The van der Waals surface area contributed by atoms with Gasteiger partial charge in [0.1, 0.15) is 15.7 Å². The van der Waals surface area contributed by atoms with Gasteiger partial charge in [-0.15, -0.1) is 11.3 Å². The summed E-state index contributed by atoms with van der Waals surface area (Å²) >= 11 is 1.18. The van der Waals surface area contributed by atoms with Crippen LogP contribution in [0.5, 0.6) is 0 Å². The quantitative estimate of drug-likeness (QED) is 0.532. The van der Waals surface area contributed by atoms with Crippen LogP contribution in [-0.2, 0) is 16.1 Å². The van der Waals surface area contributed by atoms with Gasteiger partial charge in [-0.2, -0.15) is 0 Å². The molecule has 0 saturated carbocycles. The molecule has 1 amide bonds. The summed E-state index contributed by atoms with van der Waals surface area (Å²) in [6, 6.07) is 16.2. The second kappa shape index (κ2) is 10.0. The number of carbonyl (C=O) groups is 2. The smallest absolute Gasteiger partial charge is 0.350 e. The van der Waals surface area contributed by atoms with E-state index >= 15 is 0 Å². The molecule has 1 aliphatic rings. The first kappa shape index (κ1) is 22.1. The normalized spacial score (nSPS) is 14.4. The SMILES string of the molecule is Cc1nc(-c2ccc(F)cc2)sc1C(=O)OCC(=O)N1CCN(Cc2ccccc2)CC1. The summed E-state index contributed by atoms with van der Waals surface area (Å²) in [5.41, 5.74) is 2.51. The Labute approximate surface area is 190 Å². The molecule has 6 nitrogen and oxygen atoms in total. The maximum atomic E-state index is 13.1. The van der Waals surface area contributed by atoms with Crippen molar-refractivity contribution in [1.82, 2.24) is 14.8 Å². The Bertz CT molecular complexity index is 1080. The first-order chi connectivity index (χ1) is 15.5. The fraction of sp³-hybridized carbons (Fsp3) is 0.292. The molecule has 0 aliphatic carbocycles. The molecule has 2 aromatic carbocycles. The zero-order chi connectivity index (χ0) is 22.5. The molecule has 0 N–H and O–H groups in total. The van der Waals surface area contributed by atoms with E-state index in [0.29, 0.717) is 28.7 Å². The van der Waals surface area contributed by atoms with Gasteiger partial charge in [-0.05, 0) is 36.8 Å². The summed E-state index contributed by atoms with van der Waals surface area (Å²) in [4.78, 5) is 33.8. The lowest BCUT2D eigenvalue weighted by molar-refractivity contribution is -0.136. The van der Waals surface area contributed by atoms with Crippen molar-refractivity contribution in [1.29, 1.82) is 0 Å². The molecule has 166 valence electrons. The van der Waals surface area contributed by atoms with Crippen LogP contribution in [0.15, 0.2) is 54.6 Å². The summed E-state index contributed by atoms with van der Waals surface area (Å²) in [5.74, 6) is -1.09. The highest BCUT2D eigenvalue weighted by Gasteiger charge is 2.24. The van der Waals surface area contributed by atoms with Crippen LogP contribution >= 0.6 is 11.3 Å². The van der Waals surface area contributed by atoms with Crippen LogP contribution in [0.3, 0.4) is 0 Å². The van der Waals surface area contributed by atoms with E-state index in [4.69, 9.17) is 4.74 Å². The van der Waals surface area contributed by atoms with Crippen molar-refractivity contribution in [3.05, 3.63) is 76.5 Å². The molecule has 32 heavy (non-hydrogen) atoms. The van der Waals surface area contributed by atoms with Gasteiger partial charge in [0, 0.05) is 38.3 Å². The third-order valence-corrected chi connectivity index (χ3v) is 6.56. The van der Waals surface area contributed by atoms with Gasteiger partial charge >= 0.3 is 5.97 Å². The summed E-state index contributed by atoms with van der Waals surface area (Å²) < 4.78 is 18.4. The van der Waals surface area contributed by atoms with E-state index in [1.165, 1.54) is 29.0 Å². The molecule has 0 atom stereocenters. The summed E-state index contributed by atoms with van der Waals surface area (Å²) in [6.45, 7) is 5.07. The van der Waals surface area contributed by atoms with Crippen molar-refractivity contribution in [2.45, 2.75) is 13.5 Å². The molecule has 8 heteroatoms. The lowest BCUT2D eigenvalue weighted by Crippen LogP contribution is -2.49. The minimum atomic E-state index is -0.565. The van der Waals surface area contributed by atoms with E-state index in [1.54, 1.807) is 24.0 Å². The molecule has 0 spiro atoms. The highest BCUT2D eigenvalue weighted by Crippen LogP contribution is 2.28. The Morgan fingerprint density at radius 3 is 2.41 bits per heavy atom. The Balaban J connectivity index is 1.27. The summed E-state index contributed by atoms with van der Waals surface area (Å²) in [6.07, 6.45) is 0. The molecule has 1 saturated heterocycles. The van der Waals surface area contributed by atoms with Crippen molar-refractivity contribution in [3.63, 3.8) is 0 Å². The molecule has 0 bridgehead atoms. The van der Waals surface area contributed by atoms with Gasteiger partial charge in [-0.3, -0.25) is 9.69 Å². The second-order valence-corrected chi connectivity index (χ2v) is 8.66. The van der Waals surface area contributed by atoms with Crippen LogP contribution in [0.4, 0.5) is 4.39 Å². The molecule has 0 radical (unpaired) electrons. The van der Waals surface area contributed by atoms with Crippen molar-refractivity contribution in [2.75, 3.05) is 32.8 Å². The molecule has 1 aromatic heterocycles. The van der Waals surface area contributed by atoms with Crippen molar-refractivity contribution >= 4 is 23.2 Å². The second-order valence-electron chi connectivity index (χ2n) is 7.66. The van der Waals surface area contributed by atoms with Crippen LogP contribution in [-0.4, -0.2) is 59.4 Å². The van der Waals surface area contributed by atoms with E-state index in [-0.39, 0.29) is 18.3 Å². The third kappa shape index (κ3) is 5.38. The van der Waals surface area contributed by atoms with E-state index in [1.807, 2.05) is 18.2 Å². The highest BCUT2D eigenvalue weighted by atomic mass is 32.1. The number of hydrogen-bond donors (Lipinski definition) is 0. The predicted octanol–water partition coefficient (Wildman–Crippen LogP) is 3.76. The zero-order valence-electron chi connectivity index (χ0n) is 17.8. The van der Waals surface area contributed by atoms with Gasteiger partial charge in [0.2, 0.25) is 0 Å². The number of rotatable bonds is 6. The standard InChI is InChI=1S/C24H24FN3O3S/c1-17-22(32-23(26-17)19-7-9-20(25)10-8-19)24(30)31-16-21(29)28-13-11-27(12-14-28)15-18-5-3-2-4-6-18/h2-10H,11-16H2,1H3. The monoisotopic (exact) mass is 453 g/mol. The number of amides is 1. The van der Waals surface area contributed by atoms with E-state index in [0.717, 1.165) is 25.2 Å². The van der Waals surface area contributed by atoms with Crippen LogP contribution < -0.4 is 0 Å². The average Bonchev–Trinajstić information content (AvgIpc) is 3.20. The molecule has 1 aliphatic heterocycles. The maximum absolute atomic E-state index is 13.1. The number of thiazole rings is 1. The molecule has 2 heterocycles. The maximum Gasteiger partial charge on any atom is 0.350 e. The Morgan fingerprint density at radius 1 is 1.03 bits per heavy atom. The van der Waals surface area contributed by atoms with E-state index in [2.05, 4.69) is 22.0 Å². The van der Waals surface area contributed by atoms with Crippen LogP contribution in [0.2, 0.25) is 0 Å². The number of carbonyl (C=O) groups excluding carboxylic acids is 2. The number of nitrogens with zero attached hydrogens (tertiary/aromatic N) is 3. The number of hydrogen-bond acceptors (Lipinski definition) is 6. The van der Waals surface area contributed by atoms with Crippen molar-refractivity contribution in [3.8, 4) is 10.6 Å². The van der Waals surface area contributed by atoms with Gasteiger partial charge < -0.3 is 9.64 Å². The minimum Gasteiger partial charge on any atom is -0.451 e. The number of esters is 1. The Morgan fingerprint density at radius 2 is 1.72 bits per heavy atom. The number of piperazine rings is 1. The molecule has 0 unspecified atom stereocenters. The van der Waals surface area contributed by atoms with Gasteiger partial charge in [-0.1, -0.05) is 30.3 Å². The van der Waals surface area contributed by atoms with Crippen LogP contribution in [0.1, 0.15) is 20.9 Å². The lowest BCUT2D eigenvalue weighted by atomic mass is 10.2. The fourth-order valence-corrected chi connectivity index (χ4v) is 4.55. The lowest BCUT2D eigenvalue weighted by Gasteiger charge is -2.34. The topological polar surface area (TPSA) is 62.7 Å². The number of aryl methyl sites for hydroxylation is 1. The third-order valence-electron chi connectivity index (χ3n) is 5.37. The number of benzene rings is 2. The molecule has 1 fully saturated rings. The minimum absolute atomic E-state index is 0.196. The highest BCUT2D eigenvalue weighted by molar-refractivity contribution is 7.17. The number of aromatic nitrogens is 1. The largest absolute Gasteiger partial charge is 0.451 e. The Kier molecular flexibility index (Phi) is 6.92. The van der Waals surface area contributed by atoms with Crippen molar-refractivity contribution in [2.24, 2.45) is 0 Å². The van der Waals surface area contributed by atoms with Gasteiger partial charge in [0.25, 0.3) is 5.91 Å². The fourth-order valence-electron chi connectivity index (χ4n) is 3.58. The Hall–Kier alpha value is -3.10. The first-order valence-electron chi connectivity index (χ1n) is 10.4. The van der Waals surface area contributed by atoms with Crippen molar-refractivity contribution < 1.29 is 18.7 Å².